The van der Waals surface area contributed by atoms with Gasteiger partial charge in [0.1, 0.15) is 11.1 Å². The number of benzene rings is 1. The highest BCUT2D eigenvalue weighted by Gasteiger charge is 2.33. The molecule has 0 saturated carbocycles. The molecule has 0 aliphatic heterocycles. The van der Waals surface area contributed by atoms with E-state index in [9.17, 15) is 18.0 Å². The molecule has 1 rings (SSSR count). The van der Waals surface area contributed by atoms with Gasteiger partial charge < -0.3 is 4.74 Å². The molecular weight excluding hydrogens is 301 g/mol. The van der Waals surface area contributed by atoms with E-state index in [0.29, 0.717) is 0 Å². The lowest BCUT2D eigenvalue weighted by Crippen LogP contribution is -2.08. The van der Waals surface area contributed by atoms with Crippen molar-refractivity contribution < 1.29 is 22.7 Å². The Morgan fingerprint density at radius 2 is 2.11 bits per heavy atom. The van der Waals surface area contributed by atoms with Gasteiger partial charge in [-0.2, -0.15) is 13.2 Å². The minimum Gasteiger partial charge on any atom is -0.493 e. The van der Waals surface area contributed by atoms with Crippen molar-refractivity contribution in [1.82, 2.24) is 0 Å². The van der Waals surface area contributed by atoms with Crippen LogP contribution in [0.15, 0.2) is 23.1 Å². The van der Waals surface area contributed by atoms with Crippen LogP contribution >= 0.6 is 23.4 Å². The van der Waals surface area contributed by atoms with Crippen LogP contribution in [0.5, 0.6) is 5.75 Å². The summed E-state index contributed by atoms with van der Waals surface area (Å²) in [7, 11) is 0. The maximum absolute atomic E-state index is 12.6. The molecule has 0 N–H and O–H groups in total. The van der Waals surface area contributed by atoms with Crippen LogP contribution in [0, 0.1) is 0 Å². The molecule has 0 amide bonds. The average molecular weight is 313 g/mol. The van der Waals surface area contributed by atoms with Gasteiger partial charge in [0.2, 0.25) is 0 Å². The summed E-state index contributed by atoms with van der Waals surface area (Å²) >= 11 is 5.54. The number of hydrogen-bond acceptors (Lipinski definition) is 3. The molecule has 0 fully saturated rings. The fourth-order valence-electron chi connectivity index (χ4n) is 1.45. The molecule has 0 aliphatic carbocycles. The third-order valence-corrected chi connectivity index (χ3v) is 3.57. The van der Waals surface area contributed by atoms with Gasteiger partial charge in [0.15, 0.2) is 5.78 Å². The summed E-state index contributed by atoms with van der Waals surface area (Å²) in [6.45, 7) is 3.12. The fourth-order valence-corrected chi connectivity index (χ4v) is 2.45. The Bertz CT molecular complexity index is 463. The van der Waals surface area contributed by atoms with Crippen molar-refractivity contribution in [3.05, 3.63) is 23.8 Å². The Hall–Kier alpha value is -0.880. The highest BCUT2D eigenvalue weighted by Crippen LogP contribution is 2.46. The molecule has 0 aromatic heterocycles. The van der Waals surface area contributed by atoms with Crippen LogP contribution < -0.4 is 4.74 Å². The summed E-state index contributed by atoms with van der Waals surface area (Å²) in [5, 5.41) is -1.12. The first-order valence-electron chi connectivity index (χ1n) is 5.42. The largest absolute Gasteiger partial charge is 0.493 e. The van der Waals surface area contributed by atoms with Crippen molar-refractivity contribution in [3.8, 4) is 5.75 Å². The van der Waals surface area contributed by atoms with Gasteiger partial charge in [-0.1, -0.05) is 12.1 Å². The number of carbonyl (C=O) groups is 1. The topological polar surface area (TPSA) is 26.3 Å². The molecule has 19 heavy (non-hydrogen) atoms. The summed E-state index contributed by atoms with van der Waals surface area (Å²) in [5.74, 6) is -0.339. The highest BCUT2D eigenvalue weighted by molar-refractivity contribution is 8.00. The van der Waals surface area contributed by atoms with Crippen LogP contribution in [0.2, 0.25) is 0 Å². The first-order chi connectivity index (χ1) is 8.76. The number of ketones is 1. The van der Waals surface area contributed by atoms with Crippen molar-refractivity contribution >= 4 is 29.1 Å². The molecular formula is C12H12ClF3O2S. The summed E-state index contributed by atoms with van der Waals surface area (Å²) in [5.41, 5.74) is -4.36. The molecule has 0 bridgehead atoms. The number of ether oxygens (including phenoxy) is 1. The van der Waals surface area contributed by atoms with Crippen LogP contribution in [0.1, 0.15) is 24.8 Å². The van der Waals surface area contributed by atoms with Gasteiger partial charge >= 0.3 is 5.51 Å². The van der Waals surface area contributed by atoms with Crippen LogP contribution in [0.4, 0.5) is 13.2 Å². The van der Waals surface area contributed by atoms with Gasteiger partial charge in [-0.15, -0.1) is 11.6 Å². The SMILES string of the molecule is CCOc1cccc(C(Cl)C(C)=O)c1SC(F)(F)F. The number of halogens is 4. The van der Waals surface area contributed by atoms with E-state index < -0.39 is 16.7 Å². The van der Waals surface area contributed by atoms with E-state index in [-0.39, 0.29) is 34.6 Å². The Morgan fingerprint density at radius 3 is 2.58 bits per heavy atom. The summed E-state index contributed by atoms with van der Waals surface area (Å²) in [6, 6.07) is 4.33. The van der Waals surface area contributed by atoms with Crippen LogP contribution in [-0.2, 0) is 4.79 Å². The van der Waals surface area contributed by atoms with Crippen molar-refractivity contribution in [2.24, 2.45) is 0 Å². The van der Waals surface area contributed by atoms with Crippen molar-refractivity contribution in [2.75, 3.05) is 6.61 Å². The van der Waals surface area contributed by atoms with E-state index in [2.05, 4.69) is 0 Å². The molecule has 1 atom stereocenters. The fraction of sp³-hybridized carbons (Fsp3) is 0.417. The smallest absolute Gasteiger partial charge is 0.446 e. The van der Waals surface area contributed by atoms with Gasteiger partial charge in [-0.05, 0) is 37.2 Å². The molecule has 1 aromatic rings. The highest BCUT2D eigenvalue weighted by atomic mass is 35.5. The zero-order valence-corrected chi connectivity index (χ0v) is 11.8. The van der Waals surface area contributed by atoms with E-state index in [4.69, 9.17) is 16.3 Å². The monoisotopic (exact) mass is 312 g/mol. The number of thioether (sulfide) groups is 1. The van der Waals surface area contributed by atoms with Crippen molar-refractivity contribution in [1.29, 1.82) is 0 Å². The zero-order valence-electron chi connectivity index (χ0n) is 10.3. The quantitative estimate of drug-likeness (QED) is 0.588. The van der Waals surface area contributed by atoms with Gasteiger partial charge in [-0.25, -0.2) is 0 Å². The minimum absolute atomic E-state index is 0.0780. The van der Waals surface area contributed by atoms with E-state index in [0.717, 1.165) is 0 Å². The summed E-state index contributed by atoms with van der Waals surface area (Å²) in [6.07, 6.45) is 0. The number of alkyl halides is 4. The van der Waals surface area contributed by atoms with Gasteiger partial charge in [0.05, 0.1) is 11.5 Å². The molecule has 7 heteroatoms. The summed E-state index contributed by atoms with van der Waals surface area (Å²) < 4.78 is 42.9. The molecule has 2 nitrogen and oxygen atoms in total. The Kier molecular flexibility index (Phi) is 5.55. The third kappa shape index (κ3) is 4.62. The number of carbonyl (C=O) groups excluding carboxylic acids is 1. The molecule has 0 saturated heterocycles. The van der Waals surface area contributed by atoms with Crippen molar-refractivity contribution in [2.45, 2.75) is 29.6 Å². The first kappa shape index (κ1) is 16.2. The van der Waals surface area contributed by atoms with Gasteiger partial charge in [0.25, 0.3) is 0 Å². The number of rotatable bonds is 5. The number of Topliss-reactive ketones (excluding diaryl/α,β-unsaturated/α-hetero) is 1. The minimum atomic E-state index is -4.48. The Labute approximate surface area is 118 Å². The lowest BCUT2D eigenvalue weighted by molar-refractivity contribution is -0.116. The number of hydrogen-bond donors (Lipinski definition) is 0. The second kappa shape index (κ2) is 6.52. The molecule has 0 heterocycles. The normalized spacial score (nSPS) is 13.2. The predicted molar refractivity (Wildman–Crippen MR) is 68.8 cm³/mol. The summed E-state index contributed by atoms with van der Waals surface area (Å²) in [4.78, 5) is 11.1. The second-order valence-corrected chi connectivity index (χ2v) is 5.14. The van der Waals surface area contributed by atoms with E-state index >= 15 is 0 Å². The van der Waals surface area contributed by atoms with E-state index in [1.807, 2.05) is 0 Å². The molecule has 0 aliphatic rings. The van der Waals surface area contributed by atoms with E-state index in [1.165, 1.54) is 25.1 Å². The zero-order chi connectivity index (χ0) is 14.6. The molecule has 1 unspecified atom stereocenters. The first-order valence-corrected chi connectivity index (χ1v) is 6.67. The average Bonchev–Trinajstić information content (AvgIpc) is 2.29. The lowest BCUT2D eigenvalue weighted by atomic mass is 10.1. The Balaban J connectivity index is 3.29. The van der Waals surface area contributed by atoms with Crippen LogP contribution in [-0.4, -0.2) is 17.9 Å². The van der Waals surface area contributed by atoms with Crippen molar-refractivity contribution in [3.63, 3.8) is 0 Å². The van der Waals surface area contributed by atoms with Crippen LogP contribution in [0.3, 0.4) is 0 Å². The molecule has 1 aromatic carbocycles. The lowest BCUT2D eigenvalue weighted by Gasteiger charge is -2.17. The molecule has 0 spiro atoms. The standard InChI is InChI=1S/C12H12ClF3O2S/c1-3-18-9-6-4-5-8(10(13)7(2)17)11(9)19-12(14,15)16/h4-6,10H,3H2,1-2H3. The third-order valence-electron chi connectivity index (χ3n) is 2.16. The van der Waals surface area contributed by atoms with Crippen LogP contribution in [0.25, 0.3) is 0 Å². The molecule has 106 valence electrons. The maximum Gasteiger partial charge on any atom is 0.446 e. The van der Waals surface area contributed by atoms with Gasteiger partial charge in [-0.3, -0.25) is 4.79 Å². The maximum atomic E-state index is 12.6. The molecule has 0 radical (unpaired) electrons. The van der Waals surface area contributed by atoms with E-state index in [1.54, 1.807) is 6.92 Å². The second-order valence-electron chi connectivity index (χ2n) is 3.63. The predicted octanol–water partition coefficient (Wildman–Crippen LogP) is 4.57. The Morgan fingerprint density at radius 1 is 1.47 bits per heavy atom. The van der Waals surface area contributed by atoms with Gasteiger partial charge in [0, 0.05) is 0 Å².